The van der Waals surface area contributed by atoms with E-state index in [1.165, 1.54) is 0 Å². The molecule has 0 saturated heterocycles. The fraction of sp³-hybridized carbons (Fsp3) is 0.400. The minimum atomic E-state index is -4.38. The van der Waals surface area contributed by atoms with Crippen LogP contribution in [0.2, 0.25) is 5.02 Å². The smallest absolute Gasteiger partial charge is 0.294 e. The third-order valence-electron chi connectivity index (χ3n) is 3.52. The Morgan fingerprint density at radius 1 is 1.23 bits per heavy atom. The zero-order chi connectivity index (χ0) is 22.8. The molecule has 0 aliphatic carbocycles. The Bertz CT molecular complexity index is 1020. The fourth-order valence-electron chi connectivity index (χ4n) is 2.38. The normalized spacial score (nSPS) is 17.7. The Morgan fingerprint density at radius 2 is 1.87 bits per heavy atom. The number of sulfonamides is 1. The molecule has 1 aliphatic rings. The van der Waals surface area contributed by atoms with Gasteiger partial charge in [0.05, 0.1) is 9.92 Å². The molecule has 0 bridgehead atoms. The molecule has 2 unspecified atom stereocenters. The van der Waals surface area contributed by atoms with E-state index in [-0.39, 0.29) is 10.6 Å². The average Bonchev–Trinajstić information content (AvgIpc) is 2.59. The van der Waals surface area contributed by atoms with Crippen molar-refractivity contribution >= 4 is 38.3 Å². The summed E-state index contributed by atoms with van der Waals surface area (Å²) in [6.45, 7) is -2.36. The Balaban J connectivity index is 2.45. The van der Waals surface area contributed by atoms with Crippen molar-refractivity contribution in [2.24, 2.45) is 5.14 Å². The van der Waals surface area contributed by atoms with E-state index in [1.54, 1.807) is 0 Å². The molecule has 0 radical (unpaired) electrons. The van der Waals surface area contributed by atoms with Gasteiger partial charge in [0.15, 0.2) is 5.03 Å². The number of nitro groups is 1. The van der Waals surface area contributed by atoms with Gasteiger partial charge in [-0.3, -0.25) is 0 Å². The predicted octanol–water partition coefficient (Wildman–Crippen LogP) is -0.934. The molecule has 0 amide bonds. The summed E-state index contributed by atoms with van der Waals surface area (Å²) in [6, 6.07) is 1.65. The second-order valence-electron chi connectivity index (χ2n) is 5.46. The summed E-state index contributed by atoms with van der Waals surface area (Å²) in [6.07, 6.45) is -1.66. The molecule has 2 atom stereocenters. The summed E-state index contributed by atoms with van der Waals surface area (Å²) in [7, 11) is -6.70. The van der Waals surface area contributed by atoms with E-state index >= 15 is 0 Å². The number of nitrogens with zero attached hydrogens (tertiary/aromatic N) is 5. The van der Waals surface area contributed by atoms with Crippen molar-refractivity contribution in [3.63, 3.8) is 0 Å². The standard InChI is InChI=1S/C10H11ClN6O11S2/c11-7-1-8-9(2-10(7)30(12,25)26)29(24)13(5-14(8)15(18)19)3-6(28-17(22)23)4-27-16(20)21/h1-2,6H,3-5H2,(H2,12,25,26). The SMILES string of the molecule is NS(=O)(=O)c1cc2c(cc1Cl)N([N+](=O)[O-])CN(CC(CO[N+](=O)[O-])O[N+](=O)[O-])S2=O. The van der Waals surface area contributed by atoms with Crippen molar-refractivity contribution in [3.8, 4) is 0 Å². The number of primary sulfonamides is 1. The van der Waals surface area contributed by atoms with Gasteiger partial charge in [0, 0.05) is 6.54 Å². The molecule has 1 heterocycles. The van der Waals surface area contributed by atoms with Crippen molar-refractivity contribution < 1.29 is 37.5 Å². The van der Waals surface area contributed by atoms with E-state index in [2.05, 4.69) is 9.68 Å². The molecule has 1 aromatic rings. The van der Waals surface area contributed by atoms with Crippen LogP contribution in [0, 0.1) is 30.3 Å². The van der Waals surface area contributed by atoms with Gasteiger partial charge in [-0.05, 0) is 12.1 Å². The molecule has 0 aromatic heterocycles. The minimum absolute atomic E-state index is 0.305. The fourth-order valence-corrected chi connectivity index (χ4v) is 4.90. The topological polar surface area (TPSA) is 232 Å². The van der Waals surface area contributed by atoms with Gasteiger partial charge in [-0.15, -0.1) is 20.2 Å². The molecule has 2 N–H and O–H groups in total. The maximum atomic E-state index is 12.8. The third kappa shape index (κ3) is 5.38. The first-order valence-electron chi connectivity index (χ1n) is 7.34. The van der Waals surface area contributed by atoms with E-state index in [1.807, 2.05) is 0 Å². The van der Waals surface area contributed by atoms with Crippen molar-refractivity contribution in [1.82, 2.24) is 4.31 Å². The number of rotatable bonds is 9. The molecular formula is C10H11ClN6O11S2. The number of hydrogen-bond donors (Lipinski definition) is 1. The Kier molecular flexibility index (Phi) is 6.92. The van der Waals surface area contributed by atoms with Gasteiger partial charge < -0.3 is 9.68 Å². The van der Waals surface area contributed by atoms with Crippen LogP contribution in [0.3, 0.4) is 0 Å². The summed E-state index contributed by atoms with van der Waals surface area (Å²) in [5, 5.41) is 33.9. The highest BCUT2D eigenvalue weighted by Crippen LogP contribution is 2.36. The highest BCUT2D eigenvalue weighted by atomic mass is 35.5. The van der Waals surface area contributed by atoms with Crippen LogP contribution in [0.15, 0.2) is 21.9 Å². The van der Waals surface area contributed by atoms with Crippen molar-refractivity contribution in [1.29, 1.82) is 0 Å². The molecule has 1 aliphatic heterocycles. The lowest BCUT2D eigenvalue weighted by atomic mass is 10.3. The first-order valence-corrected chi connectivity index (χ1v) is 10.4. The van der Waals surface area contributed by atoms with Gasteiger partial charge in [0.1, 0.15) is 40.9 Å². The molecule has 0 spiro atoms. The van der Waals surface area contributed by atoms with Crippen molar-refractivity contribution in [2.45, 2.75) is 15.9 Å². The Hall–Kier alpha value is -2.87. The van der Waals surface area contributed by atoms with Crippen LogP contribution in [-0.4, -0.2) is 58.1 Å². The molecule has 30 heavy (non-hydrogen) atoms. The molecule has 0 saturated carbocycles. The Morgan fingerprint density at radius 3 is 2.37 bits per heavy atom. The summed E-state index contributed by atoms with van der Waals surface area (Å²) in [4.78, 5) is 39.5. The molecule has 17 nitrogen and oxygen atoms in total. The lowest BCUT2D eigenvalue weighted by molar-refractivity contribution is -0.789. The van der Waals surface area contributed by atoms with Gasteiger partial charge in [-0.2, -0.15) is 4.31 Å². The van der Waals surface area contributed by atoms with Crippen molar-refractivity contribution in [2.75, 3.05) is 24.8 Å². The minimum Gasteiger partial charge on any atom is -0.312 e. The van der Waals surface area contributed by atoms with Crippen LogP contribution < -0.4 is 10.1 Å². The lowest BCUT2D eigenvalue weighted by Crippen LogP contribution is -2.50. The molecule has 166 valence electrons. The molecule has 2 rings (SSSR count). The van der Waals surface area contributed by atoms with E-state index in [9.17, 15) is 43.0 Å². The largest absolute Gasteiger partial charge is 0.312 e. The zero-order valence-electron chi connectivity index (χ0n) is 14.4. The van der Waals surface area contributed by atoms with E-state index < -0.39 is 72.1 Å². The highest BCUT2D eigenvalue weighted by molar-refractivity contribution is 7.89. The quantitative estimate of drug-likeness (QED) is 0.326. The maximum Gasteiger partial charge on any atom is 0.294 e. The van der Waals surface area contributed by atoms with Gasteiger partial charge >= 0.3 is 0 Å². The third-order valence-corrected chi connectivity index (χ3v) is 6.33. The summed E-state index contributed by atoms with van der Waals surface area (Å²) >= 11 is 5.82. The second-order valence-corrected chi connectivity index (χ2v) is 8.85. The molecule has 1 aromatic carbocycles. The molecule has 0 fully saturated rings. The van der Waals surface area contributed by atoms with Gasteiger partial charge in [-0.25, -0.2) is 27.9 Å². The predicted molar refractivity (Wildman–Crippen MR) is 95.1 cm³/mol. The zero-order valence-corrected chi connectivity index (χ0v) is 16.7. The van der Waals surface area contributed by atoms with Crippen LogP contribution in [0.5, 0.6) is 0 Å². The molecular weight excluding hydrogens is 480 g/mol. The van der Waals surface area contributed by atoms with Gasteiger partial charge in [-0.1, -0.05) is 16.6 Å². The number of anilines is 1. The number of fused-ring (bicyclic) bond motifs is 1. The number of hydrogen-bond acceptors (Lipinski definition) is 11. The monoisotopic (exact) mass is 490 g/mol. The number of hydrazine groups is 1. The van der Waals surface area contributed by atoms with Crippen LogP contribution >= 0.6 is 11.6 Å². The number of halogens is 1. The van der Waals surface area contributed by atoms with E-state index in [4.69, 9.17) is 16.7 Å². The van der Waals surface area contributed by atoms with E-state index in [0.29, 0.717) is 5.01 Å². The first-order chi connectivity index (χ1) is 13.8. The number of nitrogens with two attached hydrogens (primary N) is 1. The average molecular weight is 491 g/mol. The highest BCUT2D eigenvalue weighted by Gasteiger charge is 2.38. The van der Waals surface area contributed by atoms with Crippen LogP contribution in [-0.2, 0) is 30.7 Å². The van der Waals surface area contributed by atoms with Crippen LogP contribution in [0.4, 0.5) is 5.69 Å². The molecule has 20 heteroatoms. The number of benzene rings is 1. The van der Waals surface area contributed by atoms with Gasteiger partial charge in [0.25, 0.3) is 10.2 Å². The first kappa shape index (κ1) is 23.4. The van der Waals surface area contributed by atoms with Crippen LogP contribution in [0.25, 0.3) is 0 Å². The second kappa shape index (κ2) is 8.87. The van der Waals surface area contributed by atoms with E-state index in [0.717, 1.165) is 16.4 Å². The van der Waals surface area contributed by atoms with Crippen LogP contribution in [0.1, 0.15) is 0 Å². The maximum absolute atomic E-state index is 12.8. The van der Waals surface area contributed by atoms with Gasteiger partial charge in [0.2, 0.25) is 10.0 Å². The summed E-state index contributed by atoms with van der Waals surface area (Å²) < 4.78 is 36.9. The van der Waals surface area contributed by atoms with Crippen molar-refractivity contribution in [3.05, 3.63) is 47.5 Å². The summed E-state index contributed by atoms with van der Waals surface area (Å²) in [5.74, 6) is 0. The lowest BCUT2D eigenvalue weighted by Gasteiger charge is -2.32. The Labute approximate surface area is 173 Å². The summed E-state index contributed by atoms with van der Waals surface area (Å²) in [5.41, 5.74) is -0.305.